The molecule has 4 rings (SSSR count). The monoisotopic (exact) mass is 168 g/mol. The Balaban J connectivity index is 2.27. The molecule has 1 aromatic carbocycles. The summed E-state index contributed by atoms with van der Waals surface area (Å²) in [5.74, 6) is 1.21. The van der Waals surface area contributed by atoms with Crippen LogP contribution < -0.4 is 0 Å². The highest BCUT2D eigenvalue weighted by Crippen LogP contribution is 2.57. The highest BCUT2D eigenvalue weighted by molar-refractivity contribution is 5.78. The van der Waals surface area contributed by atoms with Gasteiger partial charge in [-0.2, -0.15) is 0 Å². The molecule has 2 atom stereocenters. The van der Waals surface area contributed by atoms with Gasteiger partial charge in [-0.05, 0) is 23.1 Å². The first kappa shape index (κ1) is 7.14. The molecule has 0 aliphatic heterocycles. The van der Waals surface area contributed by atoms with Gasteiger partial charge in [-0.3, -0.25) is 0 Å². The lowest BCUT2D eigenvalue weighted by Gasteiger charge is -2.46. The minimum atomic E-state index is 0.583. The molecule has 0 spiro atoms. The molecule has 2 unspecified atom stereocenters. The molecule has 2 bridgehead atoms. The van der Waals surface area contributed by atoms with E-state index in [1.807, 2.05) is 0 Å². The van der Waals surface area contributed by atoms with Crippen molar-refractivity contribution in [1.29, 1.82) is 0 Å². The Kier molecular flexibility index (Phi) is 1.17. The van der Waals surface area contributed by atoms with E-state index in [0.29, 0.717) is 11.8 Å². The molecule has 0 heteroatoms. The van der Waals surface area contributed by atoms with E-state index in [4.69, 9.17) is 0 Å². The van der Waals surface area contributed by atoms with Crippen LogP contribution in [-0.4, -0.2) is 0 Å². The van der Waals surface area contributed by atoms with Crippen LogP contribution in [0.2, 0.25) is 0 Å². The van der Waals surface area contributed by atoms with Gasteiger partial charge in [0, 0.05) is 11.8 Å². The van der Waals surface area contributed by atoms with Crippen LogP contribution in [0, 0.1) is 5.92 Å². The average molecular weight is 168 g/mol. The molecule has 0 radical (unpaired) electrons. The van der Waals surface area contributed by atoms with Gasteiger partial charge in [0.1, 0.15) is 0 Å². The number of allylic oxidation sites excluding steroid dienone is 2. The maximum atomic E-state index is 4.16. The molecule has 0 N–H and O–H groups in total. The Morgan fingerprint density at radius 2 is 1.85 bits per heavy atom. The minimum absolute atomic E-state index is 0.583. The van der Waals surface area contributed by atoms with Crippen LogP contribution in [0.1, 0.15) is 23.5 Å². The Labute approximate surface area is 78.6 Å². The van der Waals surface area contributed by atoms with Gasteiger partial charge in [-0.1, -0.05) is 43.0 Å². The highest BCUT2D eigenvalue weighted by Gasteiger charge is 2.42. The van der Waals surface area contributed by atoms with Crippen LogP contribution in [0.25, 0.3) is 5.57 Å². The number of hydrogen-bond donors (Lipinski definition) is 0. The van der Waals surface area contributed by atoms with E-state index >= 15 is 0 Å². The zero-order valence-electron chi connectivity index (χ0n) is 7.59. The van der Waals surface area contributed by atoms with Crippen LogP contribution in [-0.2, 0) is 0 Å². The van der Waals surface area contributed by atoms with Crippen molar-refractivity contribution in [2.24, 2.45) is 5.92 Å². The number of benzene rings is 1. The van der Waals surface area contributed by atoms with Crippen molar-refractivity contribution in [3.63, 3.8) is 0 Å². The van der Waals surface area contributed by atoms with E-state index in [2.05, 4.69) is 37.4 Å². The van der Waals surface area contributed by atoms with E-state index in [1.165, 1.54) is 28.7 Å². The summed E-state index contributed by atoms with van der Waals surface area (Å²) < 4.78 is 0. The third-order valence-electron chi connectivity index (χ3n) is 3.47. The predicted molar refractivity (Wildman–Crippen MR) is 55.5 cm³/mol. The summed E-state index contributed by atoms with van der Waals surface area (Å²) in [5, 5.41) is 0. The standard InChI is InChI=1S/C13H12/c1-8-10-5-3-4-6-11(10)13-7-12(8)9(13)2/h3-6,12-13H,1-2,7H2. The maximum absolute atomic E-state index is 4.16. The van der Waals surface area contributed by atoms with Crippen molar-refractivity contribution >= 4 is 5.57 Å². The van der Waals surface area contributed by atoms with Crippen LogP contribution in [0.5, 0.6) is 0 Å². The molecule has 1 saturated carbocycles. The van der Waals surface area contributed by atoms with E-state index < -0.39 is 0 Å². The first-order valence-electron chi connectivity index (χ1n) is 4.76. The van der Waals surface area contributed by atoms with Crippen molar-refractivity contribution in [3.05, 3.63) is 54.1 Å². The highest BCUT2D eigenvalue weighted by atomic mass is 14.5. The lowest BCUT2D eigenvalue weighted by molar-refractivity contribution is 0.457. The predicted octanol–water partition coefficient (Wildman–Crippen LogP) is 3.37. The summed E-state index contributed by atoms with van der Waals surface area (Å²) in [4.78, 5) is 0. The van der Waals surface area contributed by atoms with Gasteiger partial charge in [0.25, 0.3) is 0 Å². The summed E-state index contributed by atoms with van der Waals surface area (Å²) in [6.07, 6.45) is 1.24. The van der Waals surface area contributed by atoms with E-state index in [-0.39, 0.29) is 0 Å². The average Bonchev–Trinajstić information content (AvgIpc) is 2.16. The van der Waals surface area contributed by atoms with Crippen molar-refractivity contribution < 1.29 is 0 Å². The summed E-state index contributed by atoms with van der Waals surface area (Å²) in [6.45, 7) is 8.30. The zero-order valence-corrected chi connectivity index (χ0v) is 7.59. The molecule has 64 valence electrons. The number of rotatable bonds is 0. The molecule has 0 aromatic heterocycles. The Bertz CT molecular complexity index is 412. The smallest absolute Gasteiger partial charge is 0.00665 e. The molecule has 3 aliphatic rings. The fraction of sp³-hybridized carbons (Fsp3) is 0.231. The second kappa shape index (κ2) is 2.14. The first-order valence-corrected chi connectivity index (χ1v) is 4.76. The van der Waals surface area contributed by atoms with E-state index in [9.17, 15) is 0 Å². The molecule has 3 aliphatic carbocycles. The molecule has 0 amide bonds. The van der Waals surface area contributed by atoms with Crippen LogP contribution in [0.4, 0.5) is 0 Å². The number of hydrogen-bond acceptors (Lipinski definition) is 0. The van der Waals surface area contributed by atoms with Crippen molar-refractivity contribution in [3.8, 4) is 0 Å². The minimum Gasteiger partial charge on any atom is -0.0986 e. The second-order valence-corrected chi connectivity index (χ2v) is 4.03. The normalized spacial score (nSPS) is 29.5. The summed E-state index contributed by atoms with van der Waals surface area (Å²) in [7, 11) is 0. The third kappa shape index (κ3) is 0.713. The van der Waals surface area contributed by atoms with Gasteiger partial charge in [-0.25, -0.2) is 0 Å². The molecular weight excluding hydrogens is 156 g/mol. The molecule has 0 saturated heterocycles. The van der Waals surface area contributed by atoms with Crippen LogP contribution >= 0.6 is 0 Å². The third-order valence-corrected chi connectivity index (χ3v) is 3.47. The van der Waals surface area contributed by atoms with Crippen molar-refractivity contribution in [2.45, 2.75) is 12.3 Å². The lowest BCUT2D eigenvalue weighted by atomic mass is 9.58. The van der Waals surface area contributed by atoms with Gasteiger partial charge in [-0.15, -0.1) is 0 Å². The Morgan fingerprint density at radius 3 is 2.62 bits per heavy atom. The van der Waals surface area contributed by atoms with Gasteiger partial charge < -0.3 is 0 Å². The van der Waals surface area contributed by atoms with E-state index in [1.54, 1.807) is 0 Å². The van der Waals surface area contributed by atoms with Gasteiger partial charge in [0.05, 0.1) is 0 Å². The summed E-state index contributed by atoms with van der Waals surface area (Å²) in [6, 6.07) is 8.60. The van der Waals surface area contributed by atoms with Gasteiger partial charge in [0.2, 0.25) is 0 Å². The molecule has 13 heavy (non-hydrogen) atoms. The molecular formula is C13H12. The summed E-state index contributed by atoms with van der Waals surface area (Å²) >= 11 is 0. The molecule has 0 nitrogen and oxygen atoms in total. The Hall–Kier alpha value is -1.30. The fourth-order valence-electron chi connectivity index (χ4n) is 2.59. The first-order chi connectivity index (χ1) is 6.29. The fourth-order valence-corrected chi connectivity index (χ4v) is 2.59. The Morgan fingerprint density at radius 1 is 1.08 bits per heavy atom. The SMILES string of the molecule is C=C1c2ccccc2C2CC1C2=C. The summed E-state index contributed by atoms with van der Waals surface area (Å²) in [5.41, 5.74) is 5.47. The largest absolute Gasteiger partial charge is 0.0986 e. The molecule has 1 fully saturated rings. The van der Waals surface area contributed by atoms with Crippen LogP contribution in [0.3, 0.4) is 0 Å². The van der Waals surface area contributed by atoms with Gasteiger partial charge in [0.15, 0.2) is 0 Å². The zero-order chi connectivity index (χ0) is 9.00. The molecule has 1 aromatic rings. The maximum Gasteiger partial charge on any atom is 0.00665 e. The van der Waals surface area contributed by atoms with Gasteiger partial charge >= 0.3 is 0 Å². The lowest BCUT2D eigenvalue weighted by Crippen LogP contribution is -2.31. The van der Waals surface area contributed by atoms with Crippen LogP contribution in [0.15, 0.2) is 43.0 Å². The van der Waals surface area contributed by atoms with E-state index in [0.717, 1.165) is 0 Å². The topological polar surface area (TPSA) is 0 Å². The van der Waals surface area contributed by atoms with Crippen molar-refractivity contribution in [1.82, 2.24) is 0 Å². The quantitative estimate of drug-likeness (QED) is 0.521. The second-order valence-electron chi connectivity index (χ2n) is 4.03. The molecule has 0 heterocycles. The van der Waals surface area contributed by atoms with Crippen molar-refractivity contribution in [2.75, 3.05) is 0 Å².